The molecule has 0 spiro atoms. The van der Waals surface area contributed by atoms with E-state index in [1.54, 1.807) is 24.0 Å². The minimum absolute atomic E-state index is 0.0335. The van der Waals surface area contributed by atoms with E-state index in [2.05, 4.69) is 15.6 Å². The van der Waals surface area contributed by atoms with Crippen LogP contribution in [-0.4, -0.2) is 51.1 Å². The van der Waals surface area contributed by atoms with Gasteiger partial charge in [-0.15, -0.1) is 0 Å². The molecule has 0 aliphatic carbocycles. The number of rotatable bonds is 3. The maximum atomic E-state index is 13.5. The molecule has 1 fully saturated rings. The van der Waals surface area contributed by atoms with E-state index in [0.29, 0.717) is 43.1 Å². The topological polar surface area (TPSA) is 76.2 Å². The highest BCUT2D eigenvalue weighted by atomic mass is 19.4. The van der Waals surface area contributed by atoms with Gasteiger partial charge in [0.05, 0.1) is 11.4 Å². The van der Waals surface area contributed by atoms with E-state index >= 15 is 0 Å². The number of carbonyl (C=O) groups is 1. The fourth-order valence-electron chi connectivity index (χ4n) is 3.94. The quantitative estimate of drug-likeness (QED) is 0.858. The molecule has 2 aliphatic rings. The first-order valence-corrected chi connectivity index (χ1v) is 9.41. The third kappa shape index (κ3) is 3.35. The molecule has 1 N–H and O–H groups in total. The van der Waals surface area contributed by atoms with Gasteiger partial charge in [0.2, 0.25) is 5.76 Å². The van der Waals surface area contributed by atoms with Crippen LogP contribution in [0.25, 0.3) is 0 Å². The highest BCUT2D eigenvalue weighted by Gasteiger charge is 2.46. The second-order valence-corrected chi connectivity index (χ2v) is 7.51. The van der Waals surface area contributed by atoms with Crippen molar-refractivity contribution in [3.63, 3.8) is 0 Å². The van der Waals surface area contributed by atoms with Crippen LogP contribution in [0, 0.1) is 6.92 Å². The summed E-state index contributed by atoms with van der Waals surface area (Å²) in [5.41, 5.74) is 1.20. The van der Waals surface area contributed by atoms with Crippen LogP contribution >= 0.6 is 0 Å². The Hall–Kier alpha value is -2.52. The molecule has 2 aromatic rings. The first kappa shape index (κ1) is 18.8. The van der Waals surface area contributed by atoms with Crippen molar-refractivity contribution in [3.8, 4) is 0 Å². The van der Waals surface area contributed by atoms with Crippen molar-refractivity contribution in [2.24, 2.45) is 0 Å². The Morgan fingerprint density at radius 1 is 1.39 bits per heavy atom. The number of likely N-dealkylation sites (tertiary alicyclic amines) is 1. The van der Waals surface area contributed by atoms with Crippen LogP contribution < -0.4 is 5.32 Å². The number of nitrogens with zero attached hydrogens (tertiary/aromatic N) is 4. The molecular formula is C18H22F3N5O2. The van der Waals surface area contributed by atoms with E-state index in [9.17, 15) is 18.0 Å². The van der Waals surface area contributed by atoms with Crippen LogP contribution in [0.2, 0.25) is 0 Å². The number of halogens is 3. The smallest absolute Gasteiger partial charge is 0.367 e. The molecule has 1 amide bonds. The van der Waals surface area contributed by atoms with Gasteiger partial charge in [-0.05, 0) is 26.2 Å². The maximum absolute atomic E-state index is 13.5. The number of nitrogens with one attached hydrogen (secondary N) is 1. The average molecular weight is 397 g/mol. The number of amides is 1. The second kappa shape index (κ2) is 6.82. The van der Waals surface area contributed by atoms with Gasteiger partial charge < -0.3 is 14.7 Å². The molecule has 2 aromatic heterocycles. The van der Waals surface area contributed by atoms with Gasteiger partial charge in [0.15, 0.2) is 6.04 Å². The molecule has 152 valence electrons. The molecule has 4 rings (SSSR count). The predicted octanol–water partition coefficient (Wildman–Crippen LogP) is 3.51. The summed E-state index contributed by atoms with van der Waals surface area (Å²) < 4.78 is 46.6. The van der Waals surface area contributed by atoms with Crippen molar-refractivity contribution in [2.75, 3.05) is 18.4 Å². The zero-order chi connectivity index (χ0) is 20.1. The minimum Gasteiger partial charge on any atom is -0.367 e. The number of fused-ring (bicyclic) bond motifs is 1. The summed E-state index contributed by atoms with van der Waals surface area (Å²) in [6, 6.07) is 1.41. The summed E-state index contributed by atoms with van der Waals surface area (Å²) in [5.74, 6) is 0.198. The number of anilines is 1. The van der Waals surface area contributed by atoms with Gasteiger partial charge in [-0.3, -0.25) is 4.79 Å². The molecule has 1 saturated heterocycles. The van der Waals surface area contributed by atoms with Gasteiger partial charge in [-0.25, -0.2) is 4.68 Å². The Balaban J connectivity index is 1.53. The molecule has 28 heavy (non-hydrogen) atoms. The SMILES string of the molecule is CC[C@@H]1C[C@H](C(F)(F)F)n2nc([C@H]3CCN(C(=O)c4cc(C)no4)C3)cc2N1. The fraction of sp³-hybridized carbons (Fsp3) is 0.611. The second-order valence-electron chi connectivity index (χ2n) is 7.51. The predicted molar refractivity (Wildman–Crippen MR) is 94.1 cm³/mol. The van der Waals surface area contributed by atoms with Crippen LogP contribution in [0.5, 0.6) is 0 Å². The summed E-state index contributed by atoms with van der Waals surface area (Å²) in [4.78, 5) is 14.1. The van der Waals surface area contributed by atoms with E-state index in [1.165, 1.54) is 0 Å². The van der Waals surface area contributed by atoms with E-state index in [1.807, 2.05) is 6.92 Å². The molecule has 0 aromatic carbocycles. The Labute approximate surface area is 159 Å². The summed E-state index contributed by atoms with van der Waals surface area (Å²) in [5, 5.41) is 11.2. The molecule has 0 unspecified atom stereocenters. The molecule has 2 aliphatic heterocycles. The largest absolute Gasteiger partial charge is 0.410 e. The lowest BCUT2D eigenvalue weighted by atomic mass is 10.0. The van der Waals surface area contributed by atoms with Crippen LogP contribution in [-0.2, 0) is 0 Å². The van der Waals surface area contributed by atoms with E-state index in [4.69, 9.17) is 4.52 Å². The third-order valence-electron chi connectivity index (χ3n) is 5.51. The first-order chi connectivity index (χ1) is 13.3. The number of aryl methyl sites for hydroxylation is 1. The Kier molecular flexibility index (Phi) is 4.59. The van der Waals surface area contributed by atoms with Crippen molar-refractivity contribution in [3.05, 3.63) is 29.3 Å². The summed E-state index contributed by atoms with van der Waals surface area (Å²) >= 11 is 0. The molecular weight excluding hydrogens is 375 g/mol. The van der Waals surface area contributed by atoms with Gasteiger partial charge in [0, 0.05) is 37.2 Å². The molecule has 10 heteroatoms. The molecule has 3 atom stereocenters. The normalized spacial score (nSPS) is 24.9. The highest BCUT2D eigenvalue weighted by Crippen LogP contribution is 2.41. The van der Waals surface area contributed by atoms with Gasteiger partial charge in [-0.1, -0.05) is 12.1 Å². The summed E-state index contributed by atoms with van der Waals surface area (Å²) in [6.07, 6.45) is -3.14. The number of carbonyl (C=O) groups excluding carboxylic acids is 1. The average Bonchev–Trinajstić information content (AvgIpc) is 3.37. The lowest BCUT2D eigenvalue weighted by molar-refractivity contribution is -0.173. The Bertz CT molecular complexity index is 875. The lowest BCUT2D eigenvalue weighted by Gasteiger charge is -2.32. The standard InChI is InChI=1S/C18H22F3N5O2/c1-3-12-7-15(18(19,20)21)26-16(22-12)8-13(23-26)11-4-5-25(9-11)17(27)14-6-10(2)24-28-14/h6,8,11-12,15,22H,3-5,7,9H2,1-2H3/t11-,12+,15+/m0/s1. The molecule has 0 saturated carbocycles. The molecule has 7 nitrogen and oxygen atoms in total. The van der Waals surface area contributed by atoms with Crippen LogP contribution in [0.15, 0.2) is 16.7 Å². The zero-order valence-corrected chi connectivity index (χ0v) is 15.7. The lowest BCUT2D eigenvalue weighted by Crippen LogP contribution is -2.38. The Morgan fingerprint density at radius 2 is 2.18 bits per heavy atom. The summed E-state index contributed by atoms with van der Waals surface area (Å²) in [6.45, 7) is 4.49. The van der Waals surface area contributed by atoms with Gasteiger partial charge in [-0.2, -0.15) is 18.3 Å². The van der Waals surface area contributed by atoms with E-state index in [0.717, 1.165) is 4.68 Å². The maximum Gasteiger partial charge on any atom is 0.410 e. The van der Waals surface area contributed by atoms with Gasteiger partial charge >= 0.3 is 6.18 Å². The fourth-order valence-corrected chi connectivity index (χ4v) is 3.94. The molecule has 4 heterocycles. The Morgan fingerprint density at radius 3 is 2.82 bits per heavy atom. The molecule has 0 radical (unpaired) electrons. The minimum atomic E-state index is -4.35. The zero-order valence-electron chi connectivity index (χ0n) is 15.7. The van der Waals surface area contributed by atoms with Gasteiger partial charge in [0.25, 0.3) is 5.91 Å². The monoisotopic (exact) mass is 397 g/mol. The highest BCUT2D eigenvalue weighted by molar-refractivity contribution is 5.91. The van der Waals surface area contributed by atoms with Crippen molar-refractivity contribution < 1.29 is 22.5 Å². The van der Waals surface area contributed by atoms with Crippen molar-refractivity contribution in [1.29, 1.82) is 0 Å². The van der Waals surface area contributed by atoms with Crippen LogP contribution in [0.1, 0.15) is 60.1 Å². The van der Waals surface area contributed by atoms with Crippen molar-refractivity contribution >= 4 is 11.7 Å². The number of aromatic nitrogens is 3. The first-order valence-electron chi connectivity index (χ1n) is 9.41. The number of alkyl halides is 3. The van der Waals surface area contributed by atoms with Gasteiger partial charge in [0.1, 0.15) is 5.82 Å². The third-order valence-corrected chi connectivity index (χ3v) is 5.51. The van der Waals surface area contributed by atoms with Crippen molar-refractivity contribution in [2.45, 2.75) is 57.3 Å². The van der Waals surface area contributed by atoms with Crippen molar-refractivity contribution in [1.82, 2.24) is 19.8 Å². The number of hydrogen-bond acceptors (Lipinski definition) is 5. The number of hydrogen-bond donors (Lipinski definition) is 1. The van der Waals surface area contributed by atoms with Crippen LogP contribution in [0.4, 0.5) is 19.0 Å². The van der Waals surface area contributed by atoms with E-state index in [-0.39, 0.29) is 30.0 Å². The van der Waals surface area contributed by atoms with Crippen LogP contribution in [0.3, 0.4) is 0 Å². The van der Waals surface area contributed by atoms with E-state index < -0.39 is 12.2 Å². The molecule has 0 bridgehead atoms. The summed E-state index contributed by atoms with van der Waals surface area (Å²) in [7, 11) is 0.